The van der Waals surface area contributed by atoms with Crippen LogP contribution in [0.4, 0.5) is 0 Å². The minimum absolute atomic E-state index is 0.328. The lowest BCUT2D eigenvalue weighted by atomic mass is 10.1. The lowest BCUT2D eigenvalue weighted by molar-refractivity contribution is -0.128. The first-order valence-electron chi connectivity index (χ1n) is 9.91. The minimum Gasteiger partial charge on any atom is -0.492 e. The molecule has 3 rings (SSSR count). The predicted molar refractivity (Wildman–Crippen MR) is 116 cm³/mol. The Bertz CT molecular complexity index is 1030. The van der Waals surface area contributed by atoms with Crippen molar-refractivity contribution in [2.45, 2.75) is 26.9 Å². The highest BCUT2D eigenvalue weighted by Crippen LogP contribution is 2.21. The number of carbonyl (C=O) groups excluding carboxylic acids is 2. The molecule has 0 fully saturated rings. The summed E-state index contributed by atoms with van der Waals surface area (Å²) in [5.41, 5.74) is 5.18. The SMILES string of the molecule is CC(C)COc1ccccc1C(=O)NNC(=O)[C@@H](C)Oc1ccc2ccccc2c1. The van der Waals surface area contributed by atoms with Gasteiger partial charge in [0.1, 0.15) is 11.5 Å². The van der Waals surface area contributed by atoms with Gasteiger partial charge >= 0.3 is 0 Å². The summed E-state index contributed by atoms with van der Waals surface area (Å²) in [6.07, 6.45) is -0.793. The third-order valence-electron chi connectivity index (χ3n) is 4.41. The monoisotopic (exact) mass is 406 g/mol. The molecule has 2 amide bonds. The quantitative estimate of drug-likeness (QED) is 0.579. The number of hydrogen-bond donors (Lipinski definition) is 2. The first kappa shape index (κ1) is 21.2. The van der Waals surface area contributed by atoms with E-state index in [1.807, 2.05) is 56.3 Å². The Balaban J connectivity index is 1.57. The van der Waals surface area contributed by atoms with Gasteiger partial charge in [0.15, 0.2) is 6.10 Å². The van der Waals surface area contributed by atoms with Gasteiger partial charge in [-0.3, -0.25) is 20.4 Å². The molecule has 0 aromatic heterocycles. The normalized spacial score (nSPS) is 11.7. The molecule has 2 N–H and O–H groups in total. The number of hydrazine groups is 1. The molecular weight excluding hydrogens is 380 g/mol. The Kier molecular flexibility index (Phi) is 6.91. The average molecular weight is 406 g/mol. The summed E-state index contributed by atoms with van der Waals surface area (Å²) < 4.78 is 11.4. The molecule has 0 aliphatic rings. The van der Waals surface area contributed by atoms with E-state index in [9.17, 15) is 9.59 Å². The molecule has 6 nitrogen and oxygen atoms in total. The molecule has 0 heterocycles. The third kappa shape index (κ3) is 5.50. The zero-order chi connectivity index (χ0) is 21.5. The van der Waals surface area contributed by atoms with E-state index in [1.54, 1.807) is 31.2 Å². The van der Waals surface area contributed by atoms with Gasteiger partial charge in [-0.15, -0.1) is 0 Å². The number of carbonyl (C=O) groups is 2. The number of rotatable bonds is 7. The fourth-order valence-electron chi connectivity index (χ4n) is 2.82. The second-order valence-electron chi connectivity index (χ2n) is 7.41. The maximum Gasteiger partial charge on any atom is 0.279 e. The lowest BCUT2D eigenvalue weighted by Gasteiger charge is -2.16. The number of benzene rings is 3. The Morgan fingerprint density at radius 3 is 2.33 bits per heavy atom. The Morgan fingerprint density at radius 1 is 0.867 bits per heavy atom. The Morgan fingerprint density at radius 2 is 1.57 bits per heavy atom. The molecular formula is C24H26N2O4. The van der Waals surface area contributed by atoms with E-state index in [1.165, 1.54) is 0 Å². The van der Waals surface area contributed by atoms with E-state index in [0.717, 1.165) is 10.8 Å². The first-order valence-corrected chi connectivity index (χ1v) is 9.91. The van der Waals surface area contributed by atoms with Crippen LogP contribution in [0.1, 0.15) is 31.1 Å². The van der Waals surface area contributed by atoms with Crippen LogP contribution in [0.3, 0.4) is 0 Å². The topological polar surface area (TPSA) is 76.7 Å². The van der Waals surface area contributed by atoms with E-state index in [4.69, 9.17) is 9.47 Å². The number of hydrogen-bond acceptors (Lipinski definition) is 4. The molecule has 0 unspecified atom stereocenters. The van der Waals surface area contributed by atoms with E-state index < -0.39 is 17.9 Å². The van der Waals surface area contributed by atoms with Crippen molar-refractivity contribution < 1.29 is 19.1 Å². The van der Waals surface area contributed by atoms with Crippen LogP contribution in [-0.4, -0.2) is 24.5 Å². The molecule has 0 bridgehead atoms. The largest absolute Gasteiger partial charge is 0.492 e. The number of nitrogens with one attached hydrogen (secondary N) is 2. The standard InChI is InChI=1S/C24H26N2O4/c1-16(2)15-29-22-11-7-6-10-21(22)24(28)26-25-23(27)17(3)30-20-13-12-18-8-4-5-9-19(18)14-20/h4-14,16-17H,15H2,1-3H3,(H,25,27)(H,26,28)/t17-/m1/s1. The molecule has 0 aliphatic carbocycles. The summed E-state index contributed by atoms with van der Waals surface area (Å²) in [4.78, 5) is 24.9. The van der Waals surface area contributed by atoms with Crippen LogP contribution in [0.5, 0.6) is 11.5 Å². The summed E-state index contributed by atoms with van der Waals surface area (Å²) in [7, 11) is 0. The summed E-state index contributed by atoms with van der Waals surface area (Å²) in [5.74, 6) is 0.458. The van der Waals surface area contributed by atoms with Gasteiger partial charge in [0.2, 0.25) is 0 Å². The van der Waals surface area contributed by atoms with Crippen molar-refractivity contribution in [3.8, 4) is 11.5 Å². The van der Waals surface area contributed by atoms with Crippen molar-refractivity contribution in [3.63, 3.8) is 0 Å². The van der Waals surface area contributed by atoms with Gasteiger partial charge in [-0.2, -0.15) is 0 Å². The maximum atomic E-state index is 12.5. The fourth-order valence-corrected chi connectivity index (χ4v) is 2.82. The smallest absolute Gasteiger partial charge is 0.279 e. The molecule has 0 spiro atoms. The molecule has 30 heavy (non-hydrogen) atoms. The summed E-state index contributed by atoms with van der Waals surface area (Å²) in [5, 5.41) is 2.11. The average Bonchev–Trinajstić information content (AvgIpc) is 2.75. The van der Waals surface area contributed by atoms with Crippen molar-refractivity contribution in [1.82, 2.24) is 10.9 Å². The summed E-state index contributed by atoms with van der Waals surface area (Å²) >= 11 is 0. The van der Waals surface area contributed by atoms with Crippen LogP contribution in [-0.2, 0) is 4.79 Å². The zero-order valence-corrected chi connectivity index (χ0v) is 17.3. The number of ether oxygens (including phenoxy) is 2. The minimum atomic E-state index is -0.793. The molecule has 156 valence electrons. The molecule has 6 heteroatoms. The van der Waals surface area contributed by atoms with Gasteiger partial charge in [0.05, 0.1) is 12.2 Å². The van der Waals surface area contributed by atoms with Gasteiger partial charge in [-0.1, -0.05) is 56.3 Å². The van der Waals surface area contributed by atoms with Gasteiger partial charge in [-0.25, -0.2) is 0 Å². The van der Waals surface area contributed by atoms with E-state index in [0.29, 0.717) is 29.6 Å². The van der Waals surface area contributed by atoms with Crippen molar-refractivity contribution in [3.05, 3.63) is 72.3 Å². The zero-order valence-electron chi connectivity index (χ0n) is 17.3. The van der Waals surface area contributed by atoms with Crippen LogP contribution in [0.2, 0.25) is 0 Å². The highest BCUT2D eigenvalue weighted by atomic mass is 16.5. The Hall–Kier alpha value is -3.54. The van der Waals surface area contributed by atoms with Gasteiger partial charge in [0.25, 0.3) is 11.8 Å². The van der Waals surface area contributed by atoms with Crippen LogP contribution < -0.4 is 20.3 Å². The molecule has 0 radical (unpaired) electrons. The number of fused-ring (bicyclic) bond motifs is 1. The van der Waals surface area contributed by atoms with Crippen molar-refractivity contribution in [1.29, 1.82) is 0 Å². The second kappa shape index (κ2) is 9.78. The molecule has 3 aromatic rings. The molecule has 0 saturated carbocycles. The van der Waals surface area contributed by atoms with Gasteiger partial charge in [0, 0.05) is 0 Å². The molecule has 1 atom stereocenters. The molecule has 0 saturated heterocycles. The fraction of sp³-hybridized carbons (Fsp3) is 0.250. The summed E-state index contributed by atoms with van der Waals surface area (Å²) in [6.45, 7) is 6.17. The molecule has 0 aliphatic heterocycles. The van der Waals surface area contributed by atoms with E-state index in [-0.39, 0.29) is 0 Å². The first-order chi connectivity index (χ1) is 14.4. The number of amides is 2. The van der Waals surface area contributed by atoms with Crippen LogP contribution >= 0.6 is 0 Å². The van der Waals surface area contributed by atoms with Gasteiger partial charge in [-0.05, 0) is 47.9 Å². The maximum absolute atomic E-state index is 12.5. The van der Waals surface area contributed by atoms with Crippen LogP contribution in [0, 0.1) is 5.92 Å². The van der Waals surface area contributed by atoms with Crippen LogP contribution in [0.15, 0.2) is 66.7 Å². The number of para-hydroxylation sites is 1. The van der Waals surface area contributed by atoms with Crippen molar-refractivity contribution >= 4 is 22.6 Å². The second-order valence-corrected chi connectivity index (χ2v) is 7.41. The highest BCUT2D eigenvalue weighted by molar-refractivity contribution is 5.98. The Labute approximate surface area is 176 Å². The van der Waals surface area contributed by atoms with E-state index >= 15 is 0 Å². The van der Waals surface area contributed by atoms with Crippen molar-refractivity contribution in [2.75, 3.05) is 6.61 Å². The molecule has 3 aromatic carbocycles. The van der Waals surface area contributed by atoms with E-state index in [2.05, 4.69) is 10.9 Å². The lowest BCUT2D eigenvalue weighted by Crippen LogP contribution is -2.47. The van der Waals surface area contributed by atoms with Crippen LogP contribution in [0.25, 0.3) is 10.8 Å². The predicted octanol–water partition coefficient (Wildman–Crippen LogP) is 4.10. The van der Waals surface area contributed by atoms with Crippen molar-refractivity contribution in [2.24, 2.45) is 5.92 Å². The summed E-state index contributed by atoms with van der Waals surface area (Å²) in [6, 6.07) is 20.4. The third-order valence-corrected chi connectivity index (χ3v) is 4.41. The van der Waals surface area contributed by atoms with Gasteiger partial charge < -0.3 is 9.47 Å². The highest BCUT2D eigenvalue weighted by Gasteiger charge is 2.18.